The summed E-state index contributed by atoms with van der Waals surface area (Å²) in [5.41, 5.74) is 0.428. The van der Waals surface area contributed by atoms with Crippen LogP contribution >= 0.6 is 0 Å². The molecule has 30 heavy (non-hydrogen) atoms. The second-order valence-corrected chi connectivity index (χ2v) is 8.02. The van der Waals surface area contributed by atoms with Gasteiger partial charge in [0.05, 0.1) is 11.5 Å². The molecule has 0 fully saturated rings. The molecule has 12 heteroatoms. The van der Waals surface area contributed by atoms with Gasteiger partial charge < -0.3 is 14.2 Å². The van der Waals surface area contributed by atoms with Crippen LogP contribution in [0.2, 0.25) is 0 Å². The number of fused-ring (bicyclic) bond motifs is 1. The molecule has 0 spiro atoms. The number of rotatable bonds is 7. The van der Waals surface area contributed by atoms with E-state index in [9.17, 15) is 27.7 Å². The maximum atomic E-state index is 13.8. The molecule has 0 radical (unpaired) electrons. The fourth-order valence-electron chi connectivity index (χ4n) is 2.77. The van der Waals surface area contributed by atoms with E-state index < -0.39 is 44.3 Å². The van der Waals surface area contributed by atoms with Gasteiger partial charge in [-0.15, -0.1) is 0 Å². The average molecular weight is 440 g/mol. The van der Waals surface area contributed by atoms with Crippen molar-refractivity contribution in [3.8, 4) is 5.75 Å². The molecule has 1 aliphatic heterocycles. The van der Waals surface area contributed by atoms with Crippen LogP contribution in [0.15, 0.2) is 41.3 Å². The predicted octanol–water partition coefficient (Wildman–Crippen LogP) is 2.01. The Morgan fingerprint density at radius 1 is 1.37 bits per heavy atom. The second kappa shape index (κ2) is 8.73. The molecule has 2 aromatic carbocycles. The number of non-ortho nitro benzene ring substituents is 1. The third-order valence-corrected chi connectivity index (χ3v) is 5.74. The molecule has 10 nitrogen and oxygen atoms in total. The summed E-state index contributed by atoms with van der Waals surface area (Å²) in [5.74, 6) is -1.62. The number of carbonyl (C=O) groups excluding carboxylic acids is 1. The van der Waals surface area contributed by atoms with Crippen LogP contribution in [0.4, 0.5) is 10.1 Å². The lowest BCUT2D eigenvalue weighted by Crippen LogP contribution is -2.39. The van der Waals surface area contributed by atoms with Crippen molar-refractivity contribution in [1.82, 2.24) is 4.72 Å². The van der Waals surface area contributed by atoms with Gasteiger partial charge in [-0.05, 0) is 19.1 Å². The third kappa shape index (κ3) is 4.72. The highest BCUT2D eigenvalue weighted by Gasteiger charge is 2.27. The Morgan fingerprint density at radius 2 is 2.10 bits per heavy atom. The molecule has 0 amide bonds. The van der Waals surface area contributed by atoms with Crippen molar-refractivity contribution in [1.29, 1.82) is 0 Å². The predicted molar refractivity (Wildman–Crippen MR) is 99.4 cm³/mol. The summed E-state index contributed by atoms with van der Waals surface area (Å²) in [5, 5.41) is 11.1. The van der Waals surface area contributed by atoms with Gasteiger partial charge in [-0.25, -0.2) is 12.8 Å². The molecule has 1 atom stereocenters. The van der Waals surface area contributed by atoms with E-state index in [1.807, 2.05) is 4.72 Å². The zero-order valence-electron chi connectivity index (χ0n) is 15.7. The van der Waals surface area contributed by atoms with E-state index in [4.69, 9.17) is 14.2 Å². The Kier molecular flexibility index (Phi) is 6.29. The quantitative estimate of drug-likeness (QED) is 0.393. The first kappa shape index (κ1) is 21.6. The molecule has 0 aromatic heterocycles. The number of hydrogen-bond donors (Lipinski definition) is 1. The lowest BCUT2D eigenvalue weighted by Gasteiger charge is -2.21. The van der Waals surface area contributed by atoms with Crippen molar-refractivity contribution >= 4 is 21.7 Å². The van der Waals surface area contributed by atoms with Crippen LogP contribution in [0.5, 0.6) is 5.75 Å². The first-order chi connectivity index (χ1) is 14.2. The largest absolute Gasteiger partial charge is 0.467 e. The van der Waals surface area contributed by atoms with Gasteiger partial charge >= 0.3 is 5.97 Å². The number of hydrogen-bond acceptors (Lipinski definition) is 8. The number of nitrogens with zero attached hydrogens (tertiary/aromatic N) is 1. The summed E-state index contributed by atoms with van der Waals surface area (Å²) >= 11 is 0. The number of benzene rings is 2. The van der Waals surface area contributed by atoms with Crippen molar-refractivity contribution in [3.63, 3.8) is 0 Å². The number of esters is 1. The van der Waals surface area contributed by atoms with Gasteiger partial charge in [-0.1, -0.05) is 12.1 Å². The first-order valence-corrected chi connectivity index (χ1v) is 10.1. The molecule has 0 saturated heterocycles. The summed E-state index contributed by atoms with van der Waals surface area (Å²) < 4.78 is 55.9. The second-order valence-electron chi connectivity index (χ2n) is 6.34. The molecule has 160 valence electrons. The number of ether oxygens (including phenoxy) is 3. The average Bonchev–Trinajstić information content (AvgIpc) is 2.71. The van der Waals surface area contributed by atoms with Gasteiger partial charge in [0.1, 0.15) is 29.1 Å². The van der Waals surface area contributed by atoms with Crippen molar-refractivity contribution in [2.24, 2.45) is 0 Å². The summed E-state index contributed by atoms with van der Waals surface area (Å²) in [4.78, 5) is 22.2. The molecular weight excluding hydrogens is 423 g/mol. The van der Waals surface area contributed by atoms with Gasteiger partial charge in [-0.3, -0.25) is 14.9 Å². The molecule has 0 saturated carbocycles. The SMILES string of the molecule is CC(NS(=O)(=O)c1ccccc1F)C(=O)OCc1cc([N+](=O)[O-])cc2c1OCOC2. The molecule has 0 aliphatic carbocycles. The zero-order valence-corrected chi connectivity index (χ0v) is 16.5. The van der Waals surface area contributed by atoms with Crippen LogP contribution < -0.4 is 9.46 Å². The van der Waals surface area contributed by atoms with Crippen LogP contribution in [-0.4, -0.2) is 32.1 Å². The molecule has 2 aromatic rings. The summed E-state index contributed by atoms with van der Waals surface area (Å²) in [6.07, 6.45) is 0. The fourth-order valence-corrected chi connectivity index (χ4v) is 4.05. The fraction of sp³-hybridized carbons (Fsp3) is 0.278. The summed E-state index contributed by atoms with van der Waals surface area (Å²) in [6, 6.07) is 5.87. The number of nitro benzene ring substituents is 1. The minimum absolute atomic E-state index is 0.0649. The lowest BCUT2D eigenvalue weighted by atomic mass is 10.1. The Balaban J connectivity index is 1.72. The normalized spacial score (nSPS) is 14.3. The van der Waals surface area contributed by atoms with E-state index in [2.05, 4.69) is 0 Å². The Labute approximate surface area is 170 Å². The van der Waals surface area contributed by atoms with Crippen LogP contribution in [0.25, 0.3) is 0 Å². The highest BCUT2D eigenvalue weighted by atomic mass is 32.2. The molecular formula is C18H17FN2O8S. The lowest BCUT2D eigenvalue weighted by molar-refractivity contribution is -0.385. The van der Waals surface area contributed by atoms with Crippen LogP contribution in [-0.2, 0) is 37.5 Å². The molecule has 1 N–H and O–H groups in total. The van der Waals surface area contributed by atoms with Gasteiger partial charge in [0.15, 0.2) is 6.79 Å². The molecule has 0 bridgehead atoms. The topological polar surface area (TPSA) is 134 Å². The summed E-state index contributed by atoms with van der Waals surface area (Å²) in [6.45, 7) is 0.865. The molecule has 1 heterocycles. The van der Waals surface area contributed by atoms with Crippen LogP contribution in [0.1, 0.15) is 18.1 Å². The van der Waals surface area contributed by atoms with Crippen molar-refractivity contribution in [2.75, 3.05) is 6.79 Å². The van der Waals surface area contributed by atoms with E-state index >= 15 is 0 Å². The Bertz CT molecular complexity index is 1090. The van der Waals surface area contributed by atoms with E-state index in [0.29, 0.717) is 11.3 Å². The van der Waals surface area contributed by atoms with E-state index in [0.717, 1.165) is 12.1 Å². The maximum absolute atomic E-state index is 13.8. The van der Waals surface area contributed by atoms with Crippen LogP contribution in [0.3, 0.4) is 0 Å². The minimum Gasteiger partial charge on any atom is -0.467 e. The highest BCUT2D eigenvalue weighted by Crippen LogP contribution is 2.33. The number of halogens is 1. The molecule has 1 aliphatic rings. The Hall–Kier alpha value is -3.09. The van der Waals surface area contributed by atoms with Gasteiger partial charge in [0.25, 0.3) is 5.69 Å². The van der Waals surface area contributed by atoms with Crippen molar-refractivity contribution < 1.29 is 36.7 Å². The standard InChI is InChI=1S/C18H17FN2O8S/c1-11(20-30(25,26)16-5-3-2-4-15(16)19)18(22)28-9-13-7-14(21(23)24)6-12-8-27-10-29-17(12)13/h2-7,11,20H,8-10H2,1H3. The van der Waals surface area contributed by atoms with Crippen LogP contribution in [0, 0.1) is 15.9 Å². The number of nitrogens with one attached hydrogen (secondary N) is 1. The van der Waals surface area contributed by atoms with E-state index in [1.165, 1.54) is 31.2 Å². The van der Waals surface area contributed by atoms with E-state index in [1.54, 1.807) is 0 Å². The van der Waals surface area contributed by atoms with Crippen molar-refractivity contribution in [3.05, 3.63) is 63.5 Å². The number of nitro groups is 1. The van der Waals surface area contributed by atoms with Gasteiger partial charge in [0, 0.05) is 23.3 Å². The molecule has 1 unspecified atom stereocenters. The highest BCUT2D eigenvalue weighted by molar-refractivity contribution is 7.89. The Morgan fingerprint density at radius 3 is 2.80 bits per heavy atom. The number of carbonyl (C=O) groups is 1. The third-order valence-electron chi connectivity index (χ3n) is 4.16. The summed E-state index contributed by atoms with van der Waals surface area (Å²) in [7, 11) is -4.31. The smallest absolute Gasteiger partial charge is 0.324 e. The van der Waals surface area contributed by atoms with Gasteiger partial charge in [0.2, 0.25) is 10.0 Å². The minimum atomic E-state index is -4.31. The molecule has 3 rings (SSSR count). The van der Waals surface area contributed by atoms with Gasteiger partial charge in [-0.2, -0.15) is 4.72 Å². The van der Waals surface area contributed by atoms with Crippen molar-refractivity contribution in [2.45, 2.75) is 31.1 Å². The number of sulfonamides is 1. The van der Waals surface area contributed by atoms with E-state index in [-0.39, 0.29) is 24.7 Å². The zero-order chi connectivity index (χ0) is 21.9. The first-order valence-electron chi connectivity index (χ1n) is 8.63. The monoisotopic (exact) mass is 440 g/mol. The maximum Gasteiger partial charge on any atom is 0.324 e.